The molecule has 0 unspecified atom stereocenters. The number of amides is 1. The minimum atomic E-state index is -0.236. The lowest BCUT2D eigenvalue weighted by Gasteiger charge is -2.45. The molecule has 3 aliphatic rings. The predicted molar refractivity (Wildman–Crippen MR) is 140 cm³/mol. The standard InChI is InChI=1S/C29H40N2O5/c1-20-26(13-12-23-22-9-5-10-24(22)29(33)36-28(20)23)35-19-27(32)31(16-7-17-34-2)18-21-8-6-15-30-14-4-3-11-25(21)30/h12-13,21,25H,3-11,14-19H2,1-2H3/t21-,25+/m0/s1. The number of benzene rings is 1. The van der Waals surface area contributed by atoms with Crippen LogP contribution >= 0.6 is 0 Å². The van der Waals surface area contributed by atoms with Gasteiger partial charge in [0.15, 0.2) is 6.61 Å². The van der Waals surface area contributed by atoms with Crippen LogP contribution in [-0.2, 0) is 22.4 Å². The Morgan fingerprint density at radius 2 is 1.94 bits per heavy atom. The summed E-state index contributed by atoms with van der Waals surface area (Å²) in [4.78, 5) is 30.5. The SMILES string of the molecule is COCCCN(C[C@@H]1CCCN2CCCC[C@H]12)C(=O)COc1ccc2c3c(c(=O)oc2c1C)CCC3. The summed E-state index contributed by atoms with van der Waals surface area (Å²) < 4.78 is 17.0. The van der Waals surface area contributed by atoms with E-state index in [-0.39, 0.29) is 18.1 Å². The van der Waals surface area contributed by atoms with Crippen molar-refractivity contribution in [3.05, 3.63) is 39.2 Å². The highest BCUT2D eigenvalue weighted by Crippen LogP contribution is 2.34. The molecule has 7 nitrogen and oxygen atoms in total. The maximum absolute atomic E-state index is 13.4. The van der Waals surface area contributed by atoms with Crippen LogP contribution in [0.5, 0.6) is 5.75 Å². The van der Waals surface area contributed by atoms with Crippen LogP contribution in [0.15, 0.2) is 21.3 Å². The Hall–Kier alpha value is -2.38. The van der Waals surface area contributed by atoms with Gasteiger partial charge in [-0.1, -0.05) is 6.42 Å². The van der Waals surface area contributed by atoms with Crippen LogP contribution in [0, 0.1) is 12.8 Å². The average Bonchev–Trinajstić information content (AvgIpc) is 3.39. The van der Waals surface area contributed by atoms with Crippen LogP contribution in [0.25, 0.3) is 11.0 Å². The molecule has 0 radical (unpaired) electrons. The molecule has 2 saturated heterocycles. The van der Waals surface area contributed by atoms with E-state index < -0.39 is 0 Å². The number of hydrogen-bond acceptors (Lipinski definition) is 6. The molecule has 0 spiro atoms. The summed E-state index contributed by atoms with van der Waals surface area (Å²) in [5.74, 6) is 1.13. The van der Waals surface area contributed by atoms with E-state index in [1.165, 1.54) is 45.2 Å². The summed E-state index contributed by atoms with van der Waals surface area (Å²) in [5, 5.41) is 0.994. The topological polar surface area (TPSA) is 72.2 Å². The van der Waals surface area contributed by atoms with Gasteiger partial charge in [0.05, 0.1) is 0 Å². The van der Waals surface area contributed by atoms with Crippen molar-refractivity contribution in [2.24, 2.45) is 5.92 Å². The molecule has 1 aromatic carbocycles. The van der Waals surface area contributed by atoms with Crippen LogP contribution in [0.1, 0.15) is 61.6 Å². The molecule has 2 aromatic rings. The average molecular weight is 497 g/mol. The van der Waals surface area contributed by atoms with Crippen molar-refractivity contribution in [2.75, 3.05) is 46.5 Å². The Labute approximate surface area is 213 Å². The van der Waals surface area contributed by atoms with E-state index in [9.17, 15) is 9.59 Å². The third kappa shape index (κ3) is 5.18. The summed E-state index contributed by atoms with van der Waals surface area (Å²) in [6.07, 6.45) is 9.72. The van der Waals surface area contributed by atoms with Gasteiger partial charge in [0.1, 0.15) is 11.3 Å². The van der Waals surface area contributed by atoms with E-state index >= 15 is 0 Å². The van der Waals surface area contributed by atoms with Crippen molar-refractivity contribution in [3.8, 4) is 5.75 Å². The summed E-state index contributed by atoms with van der Waals surface area (Å²) in [6, 6.07) is 4.49. The number of hydrogen-bond donors (Lipinski definition) is 0. The van der Waals surface area contributed by atoms with Gasteiger partial charge in [-0.3, -0.25) is 4.79 Å². The molecule has 0 N–H and O–H groups in total. The second-order valence-electron chi connectivity index (χ2n) is 10.7. The third-order valence-corrected chi connectivity index (χ3v) is 8.50. The smallest absolute Gasteiger partial charge is 0.339 e. The molecule has 2 atom stereocenters. The van der Waals surface area contributed by atoms with Crippen molar-refractivity contribution in [2.45, 2.75) is 70.8 Å². The largest absolute Gasteiger partial charge is 0.483 e. The first kappa shape index (κ1) is 25.3. The molecule has 3 heterocycles. The quantitative estimate of drug-likeness (QED) is 0.385. The first-order valence-electron chi connectivity index (χ1n) is 13.8. The number of ether oxygens (including phenoxy) is 2. The number of fused-ring (bicyclic) bond motifs is 4. The summed E-state index contributed by atoms with van der Waals surface area (Å²) in [7, 11) is 1.70. The van der Waals surface area contributed by atoms with Gasteiger partial charge in [0, 0.05) is 49.4 Å². The van der Waals surface area contributed by atoms with E-state index in [0.717, 1.165) is 54.3 Å². The Morgan fingerprint density at radius 3 is 2.81 bits per heavy atom. The molecule has 2 aliphatic heterocycles. The van der Waals surface area contributed by atoms with Gasteiger partial charge < -0.3 is 23.7 Å². The maximum Gasteiger partial charge on any atom is 0.339 e. The van der Waals surface area contributed by atoms with E-state index in [1.807, 2.05) is 24.0 Å². The molecule has 5 rings (SSSR count). The zero-order valence-corrected chi connectivity index (χ0v) is 21.9. The Bertz CT molecular complexity index is 1140. The van der Waals surface area contributed by atoms with E-state index in [2.05, 4.69) is 4.90 Å². The molecule has 1 amide bonds. The number of carbonyl (C=O) groups is 1. The third-order valence-electron chi connectivity index (χ3n) is 8.50. The second-order valence-corrected chi connectivity index (χ2v) is 10.7. The fourth-order valence-corrected chi connectivity index (χ4v) is 6.64. The van der Waals surface area contributed by atoms with Crippen LogP contribution in [0.2, 0.25) is 0 Å². The molecular weight excluding hydrogens is 456 g/mol. The zero-order valence-electron chi connectivity index (χ0n) is 21.9. The van der Waals surface area contributed by atoms with Crippen molar-refractivity contribution >= 4 is 16.9 Å². The Morgan fingerprint density at radius 1 is 1.11 bits per heavy atom. The molecule has 2 fully saturated rings. The number of nitrogens with zero attached hydrogens (tertiary/aromatic N) is 2. The van der Waals surface area contributed by atoms with Gasteiger partial charge in [0.2, 0.25) is 0 Å². The van der Waals surface area contributed by atoms with E-state index in [4.69, 9.17) is 13.9 Å². The van der Waals surface area contributed by atoms with E-state index in [1.54, 1.807) is 7.11 Å². The summed E-state index contributed by atoms with van der Waals surface area (Å²) in [5.41, 5.74) is 3.06. The Balaban J connectivity index is 1.29. The lowest BCUT2D eigenvalue weighted by molar-refractivity contribution is -0.135. The first-order chi connectivity index (χ1) is 17.6. The van der Waals surface area contributed by atoms with Gasteiger partial charge in [0.25, 0.3) is 5.91 Å². The van der Waals surface area contributed by atoms with Gasteiger partial charge >= 0.3 is 5.63 Å². The molecule has 36 heavy (non-hydrogen) atoms. The number of carbonyl (C=O) groups excluding carboxylic acids is 1. The van der Waals surface area contributed by atoms with Gasteiger partial charge in [-0.15, -0.1) is 0 Å². The highest BCUT2D eigenvalue weighted by molar-refractivity contribution is 5.86. The fourth-order valence-electron chi connectivity index (χ4n) is 6.64. The van der Waals surface area contributed by atoms with Crippen molar-refractivity contribution in [1.29, 1.82) is 0 Å². The Kier molecular flexibility index (Phi) is 7.96. The lowest BCUT2D eigenvalue weighted by atomic mass is 9.83. The minimum absolute atomic E-state index is 0.00828. The van der Waals surface area contributed by atoms with Gasteiger partial charge in [-0.25, -0.2) is 4.79 Å². The van der Waals surface area contributed by atoms with E-state index in [0.29, 0.717) is 36.4 Å². The number of aryl methyl sites for hydroxylation is 2. The number of methoxy groups -OCH3 is 1. The van der Waals surface area contributed by atoms with Crippen LogP contribution < -0.4 is 10.4 Å². The molecule has 1 aliphatic carbocycles. The lowest BCUT2D eigenvalue weighted by Crippen LogP contribution is -2.52. The predicted octanol–water partition coefficient (Wildman–Crippen LogP) is 4.10. The summed E-state index contributed by atoms with van der Waals surface area (Å²) in [6.45, 7) is 6.38. The maximum atomic E-state index is 13.4. The fraction of sp³-hybridized carbons (Fsp3) is 0.655. The van der Waals surface area contributed by atoms with Gasteiger partial charge in [-0.05, 0) is 95.0 Å². The molecular formula is C29H40N2O5. The molecule has 7 heteroatoms. The van der Waals surface area contributed by atoms with Gasteiger partial charge in [-0.2, -0.15) is 0 Å². The van der Waals surface area contributed by atoms with Crippen molar-refractivity contribution in [3.63, 3.8) is 0 Å². The van der Waals surface area contributed by atoms with Crippen molar-refractivity contribution < 1.29 is 18.7 Å². The molecule has 0 bridgehead atoms. The van der Waals surface area contributed by atoms with Crippen LogP contribution in [-0.4, -0.2) is 68.3 Å². The molecule has 0 saturated carbocycles. The minimum Gasteiger partial charge on any atom is -0.483 e. The summed E-state index contributed by atoms with van der Waals surface area (Å²) >= 11 is 0. The second kappa shape index (κ2) is 11.3. The van der Waals surface area contributed by atoms with Crippen LogP contribution in [0.4, 0.5) is 0 Å². The monoisotopic (exact) mass is 496 g/mol. The number of rotatable bonds is 9. The normalized spacial score (nSPS) is 21.8. The van der Waals surface area contributed by atoms with Crippen LogP contribution in [0.3, 0.4) is 0 Å². The molecule has 196 valence electrons. The molecule has 1 aromatic heterocycles. The first-order valence-corrected chi connectivity index (χ1v) is 13.8. The zero-order chi connectivity index (χ0) is 25.1. The highest BCUT2D eigenvalue weighted by Gasteiger charge is 2.34. The number of piperidine rings is 2. The van der Waals surface area contributed by atoms with Crippen molar-refractivity contribution in [1.82, 2.24) is 9.80 Å². The highest BCUT2D eigenvalue weighted by atomic mass is 16.5.